The lowest BCUT2D eigenvalue weighted by atomic mass is 10.1. The van der Waals surface area contributed by atoms with Crippen molar-refractivity contribution in [2.75, 3.05) is 32.7 Å². The van der Waals surface area contributed by atoms with Crippen LogP contribution in [0.5, 0.6) is 0 Å². The molecule has 1 aliphatic carbocycles. The zero-order valence-corrected chi connectivity index (χ0v) is 9.50. The topological polar surface area (TPSA) is 32.5 Å². The predicted octanol–water partition coefficient (Wildman–Crippen LogP) is 0.504. The molecule has 2 N–H and O–H groups in total. The molecule has 2 rings (SSSR count). The van der Waals surface area contributed by atoms with Crippen molar-refractivity contribution in [1.29, 1.82) is 0 Å². The first-order valence-corrected chi connectivity index (χ1v) is 5.80. The second kappa shape index (κ2) is 3.80. The minimum atomic E-state index is -0.0399. The van der Waals surface area contributed by atoms with Gasteiger partial charge < -0.3 is 5.73 Å². The molecule has 2 aliphatic rings. The molecule has 0 spiro atoms. The summed E-state index contributed by atoms with van der Waals surface area (Å²) in [7, 11) is 0. The molecule has 1 heterocycles. The van der Waals surface area contributed by atoms with Crippen LogP contribution in [0.3, 0.4) is 0 Å². The summed E-state index contributed by atoms with van der Waals surface area (Å²) in [6, 6.07) is 0.933. The quantitative estimate of drug-likeness (QED) is 0.715. The van der Waals surface area contributed by atoms with Crippen molar-refractivity contribution in [3.05, 3.63) is 0 Å². The van der Waals surface area contributed by atoms with E-state index in [0.29, 0.717) is 0 Å². The largest absolute Gasteiger partial charge is 0.324 e. The van der Waals surface area contributed by atoms with E-state index in [2.05, 4.69) is 23.6 Å². The van der Waals surface area contributed by atoms with Gasteiger partial charge in [0.15, 0.2) is 0 Å². The summed E-state index contributed by atoms with van der Waals surface area (Å²) in [6.45, 7) is 10.2. The van der Waals surface area contributed by atoms with Crippen molar-refractivity contribution in [2.45, 2.75) is 38.3 Å². The molecule has 0 aromatic carbocycles. The summed E-state index contributed by atoms with van der Waals surface area (Å²) in [6.07, 6.45) is 2.87. The zero-order chi connectivity index (χ0) is 10.2. The number of nitrogens with two attached hydrogens (primary N) is 1. The van der Waals surface area contributed by atoms with Gasteiger partial charge in [-0.2, -0.15) is 0 Å². The van der Waals surface area contributed by atoms with E-state index in [1.165, 1.54) is 39.0 Å². The van der Waals surface area contributed by atoms with Gasteiger partial charge >= 0.3 is 0 Å². The molecule has 82 valence electrons. The fourth-order valence-corrected chi connectivity index (χ4v) is 2.30. The molecule has 1 saturated carbocycles. The molecule has 0 aromatic heterocycles. The fourth-order valence-electron chi connectivity index (χ4n) is 2.30. The van der Waals surface area contributed by atoms with Crippen LogP contribution in [0.15, 0.2) is 0 Å². The number of piperazine rings is 1. The van der Waals surface area contributed by atoms with Gasteiger partial charge in [-0.25, -0.2) is 0 Å². The summed E-state index contributed by atoms with van der Waals surface area (Å²) in [5.74, 6) is 0. The Kier molecular flexibility index (Phi) is 2.82. The van der Waals surface area contributed by atoms with Gasteiger partial charge in [0.2, 0.25) is 0 Å². The lowest BCUT2D eigenvalue weighted by Gasteiger charge is -2.37. The molecule has 0 bridgehead atoms. The molecule has 3 heteroatoms. The molecule has 0 radical (unpaired) electrons. The van der Waals surface area contributed by atoms with Crippen LogP contribution in [0.25, 0.3) is 0 Å². The molecule has 2 fully saturated rings. The average Bonchev–Trinajstić information content (AvgIpc) is 2.85. The summed E-state index contributed by atoms with van der Waals surface area (Å²) < 4.78 is 0. The van der Waals surface area contributed by atoms with Crippen molar-refractivity contribution in [3.8, 4) is 0 Å². The van der Waals surface area contributed by atoms with Crippen LogP contribution < -0.4 is 5.73 Å². The number of rotatable bonds is 3. The number of hydrogen-bond donors (Lipinski definition) is 1. The first-order chi connectivity index (χ1) is 6.54. The van der Waals surface area contributed by atoms with Crippen molar-refractivity contribution < 1.29 is 0 Å². The second-order valence-corrected chi connectivity index (χ2v) is 5.53. The Bertz CT molecular complexity index is 185. The molecule has 0 unspecified atom stereocenters. The van der Waals surface area contributed by atoms with Gasteiger partial charge in [0.1, 0.15) is 0 Å². The van der Waals surface area contributed by atoms with Crippen molar-refractivity contribution >= 4 is 0 Å². The van der Waals surface area contributed by atoms with Gasteiger partial charge in [-0.1, -0.05) is 0 Å². The summed E-state index contributed by atoms with van der Waals surface area (Å²) >= 11 is 0. The van der Waals surface area contributed by atoms with Gasteiger partial charge in [-0.05, 0) is 26.7 Å². The molecule has 0 atom stereocenters. The van der Waals surface area contributed by atoms with Crippen LogP contribution in [0.4, 0.5) is 0 Å². The van der Waals surface area contributed by atoms with E-state index < -0.39 is 0 Å². The first-order valence-electron chi connectivity index (χ1n) is 5.80. The van der Waals surface area contributed by atoms with E-state index in [1.807, 2.05) is 0 Å². The van der Waals surface area contributed by atoms with Gasteiger partial charge in [0, 0.05) is 44.3 Å². The van der Waals surface area contributed by atoms with E-state index in [4.69, 9.17) is 5.73 Å². The third kappa shape index (κ3) is 2.94. The molecule has 3 nitrogen and oxygen atoms in total. The Balaban J connectivity index is 1.72. The molecular weight excluding hydrogens is 174 g/mol. The molecule has 0 aromatic rings. The standard InChI is InChI=1S/C11H23N3/c1-11(2,12)9-13-5-7-14(8-6-13)10-3-4-10/h10H,3-9,12H2,1-2H3. The highest BCUT2D eigenvalue weighted by Crippen LogP contribution is 2.27. The maximum Gasteiger partial charge on any atom is 0.0226 e. The van der Waals surface area contributed by atoms with E-state index in [0.717, 1.165) is 12.6 Å². The Hall–Kier alpha value is -0.120. The maximum absolute atomic E-state index is 6.02. The number of hydrogen-bond acceptors (Lipinski definition) is 3. The normalized spacial score (nSPS) is 26.8. The summed E-state index contributed by atoms with van der Waals surface area (Å²) in [5, 5.41) is 0. The van der Waals surface area contributed by atoms with Crippen LogP contribution in [0.1, 0.15) is 26.7 Å². The highest BCUT2D eigenvalue weighted by Gasteiger charge is 2.31. The first kappa shape index (κ1) is 10.4. The highest BCUT2D eigenvalue weighted by molar-refractivity contribution is 4.89. The highest BCUT2D eigenvalue weighted by atomic mass is 15.3. The summed E-state index contributed by atoms with van der Waals surface area (Å²) in [4.78, 5) is 5.14. The molecule has 1 saturated heterocycles. The maximum atomic E-state index is 6.02. The predicted molar refractivity (Wildman–Crippen MR) is 59.3 cm³/mol. The third-order valence-corrected chi connectivity index (χ3v) is 3.10. The van der Waals surface area contributed by atoms with Gasteiger partial charge in [-0.3, -0.25) is 9.80 Å². The SMILES string of the molecule is CC(C)(N)CN1CCN(C2CC2)CC1. The lowest BCUT2D eigenvalue weighted by Crippen LogP contribution is -2.53. The van der Waals surface area contributed by atoms with Crippen LogP contribution in [0.2, 0.25) is 0 Å². The Labute approximate surface area is 87.2 Å². The van der Waals surface area contributed by atoms with Crippen molar-refractivity contribution in [2.24, 2.45) is 5.73 Å². The molecule has 14 heavy (non-hydrogen) atoms. The number of nitrogens with zero attached hydrogens (tertiary/aromatic N) is 2. The van der Waals surface area contributed by atoms with E-state index >= 15 is 0 Å². The minimum absolute atomic E-state index is 0.0399. The van der Waals surface area contributed by atoms with Crippen molar-refractivity contribution in [1.82, 2.24) is 9.80 Å². The smallest absolute Gasteiger partial charge is 0.0226 e. The van der Waals surface area contributed by atoms with E-state index in [1.54, 1.807) is 0 Å². The fraction of sp³-hybridized carbons (Fsp3) is 1.00. The Morgan fingerprint density at radius 2 is 1.71 bits per heavy atom. The summed E-state index contributed by atoms with van der Waals surface area (Å²) in [5.41, 5.74) is 5.98. The Morgan fingerprint density at radius 1 is 1.14 bits per heavy atom. The molecular formula is C11H23N3. The molecule has 1 aliphatic heterocycles. The van der Waals surface area contributed by atoms with E-state index in [9.17, 15) is 0 Å². The van der Waals surface area contributed by atoms with Crippen LogP contribution in [-0.4, -0.2) is 54.1 Å². The average molecular weight is 197 g/mol. The minimum Gasteiger partial charge on any atom is -0.324 e. The van der Waals surface area contributed by atoms with E-state index in [-0.39, 0.29) is 5.54 Å². The van der Waals surface area contributed by atoms with Crippen LogP contribution in [0, 0.1) is 0 Å². The monoisotopic (exact) mass is 197 g/mol. The Morgan fingerprint density at radius 3 is 2.14 bits per heavy atom. The zero-order valence-electron chi connectivity index (χ0n) is 9.50. The van der Waals surface area contributed by atoms with Crippen molar-refractivity contribution in [3.63, 3.8) is 0 Å². The molecule has 0 amide bonds. The van der Waals surface area contributed by atoms with Crippen LogP contribution in [-0.2, 0) is 0 Å². The van der Waals surface area contributed by atoms with Gasteiger partial charge in [-0.15, -0.1) is 0 Å². The van der Waals surface area contributed by atoms with Gasteiger partial charge in [0.05, 0.1) is 0 Å². The second-order valence-electron chi connectivity index (χ2n) is 5.53. The third-order valence-electron chi connectivity index (χ3n) is 3.10. The lowest BCUT2D eigenvalue weighted by molar-refractivity contribution is 0.111. The van der Waals surface area contributed by atoms with Crippen LogP contribution >= 0.6 is 0 Å². The van der Waals surface area contributed by atoms with Gasteiger partial charge in [0.25, 0.3) is 0 Å².